The summed E-state index contributed by atoms with van der Waals surface area (Å²) in [4.78, 5) is 12.4. The number of nitrogens with one attached hydrogen (secondary N) is 1. The second kappa shape index (κ2) is 4.81. The van der Waals surface area contributed by atoms with Crippen molar-refractivity contribution in [3.05, 3.63) is 40.6 Å². The van der Waals surface area contributed by atoms with Crippen molar-refractivity contribution >= 4 is 5.91 Å². The molecule has 106 valence electrons. The van der Waals surface area contributed by atoms with E-state index >= 15 is 0 Å². The summed E-state index contributed by atoms with van der Waals surface area (Å²) < 4.78 is 7.32. The van der Waals surface area contributed by atoms with Crippen molar-refractivity contribution in [2.75, 3.05) is 0 Å². The number of hydrogen-bond acceptors (Lipinski definition) is 3. The normalized spacial score (nSPS) is 17.9. The molecule has 0 unspecified atom stereocenters. The van der Waals surface area contributed by atoms with Crippen molar-refractivity contribution in [2.24, 2.45) is 7.05 Å². The van der Waals surface area contributed by atoms with Gasteiger partial charge in [-0.25, -0.2) is 0 Å². The number of furan rings is 1. The van der Waals surface area contributed by atoms with Gasteiger partial charge in [-0.15, -0.1) is 0 Å². The molecular formula is C15H19N3O2. The van der Waals surface area contributed by atoms with E-state index in [0.717, 1.165) is 30.6 Å². The lowest BCUT2D eigenvalue weighted by molar-refractivity contribution is 0.0931. The van der Waals surface area contributed by atoms with E-state index in [1.165, 1.54) is 5.69 Å². The molecule has 0 saturated carbocycles. The summed E-state index contributed by atoms with van der Waals surface area (Å²) in [5.41, 5.74) is 2.99. The van der Waals surface area contributed by atoms with E-state index in [4.69, 9.17) is 4.42 Å². The van der Waals surface area contributed by atoms with Gasteiger partial charge in [0.05, 0.1) is 17.8 Å². The van der Waals surface area contributed by atoms with Gasteiger partial charge in [-0.05, 0) is 39.2 Å². The van der Waals surface area contributed by atoms with Crippen LogP contribution in [0.25, 0.3) is 0 Å². The molecule has 1 atom stereocenters. The van der Waals surface area contributed by atoms with Crippen LogP contribution in [0, 0.1) is 13.8 Å². The molecule has 5 heteroatoms. The van der Waals surface area contributed by atoms with E-state index in [-0.39, 0.29) is 11.9 Å². The first-order valence-corrected chi connectivity index (χ1v) is 6.95. The zero-order valence-corrected chi connectivity index (χ0v) is 12.1. The number of carbonyl (C=O) groups excluding carboxylic acids is 1. The van der Waals surface area contributed by atoms with E-state index in [0.29, 0.717) is 11.3 Å². The van der Waals surface area contributed by atoms with Gasteiger partial charge in [0.25, 0.3) is 5.91 Å². The largest absolute Gasteiger partial charge is 0.466 e. The maximum Gasteiger partial charge on any atom is 0.255 e. The summed E-state index contributed by atoms with van der Waals surface area (Å²) in [5.74, 6) is 1.36. The smallest absolute Gasteiger partial charge is 0.255 e. The molecule has 2 aromatic rings. The highest BCUT2D eigenvalue weighted by Crippen LogP contribution is 2.29. The summed E-state index contributed by atoms with van der Waals surface area (Å²) in [6.07, 6.45) is 4.93. The molecule has 0 aliphatic heterocycles. The minimum Gasteiger partial charge on any atom is -0.466 e. The molecule has 20 heavy (non-hydrogen) atoms. The van der Waals surface area contributed by atoms with Crippen LogP contribution in [0.1, 0.15) is 52.0 Å². The quantitative estimate of drug-likeness (QED) is 0.914. The Hall–Kier alpha value is -2.04. The highest BCUT2D eigenvalue weighted by molar-refractivity contribution is 5.95. The fourth-order valence-electron chi connectivity index (χ4n) is 2.95. The van der Waals surface area contributed by atoms with Gasteiger partial charge in [-0.2, -0.15) is 5.10 Å². The number of amides is 1. The maximum absolute atomic E-state index is 12.4. The lowest BCUT2D eigenvalue weighted by Crippen LogP contribution is -2.31. The zero-order valence-electron chi connectivity index (χ0n) is 12.1. The first kappa shape index (κ1) is 13.0. The van der Waals surface area contributed by atoms with E-state index in [2.05, 4.69) is 10.4 Å². The molecule has 2 heterocycles. The van der Waals surface area contributed by atoms with E-state index in [1.807, 2.05) is 31.8 Å². The average molecular weight is 273 g/mol. The van der Waals surface area contributed by atoms with Crippen molar-refractivity contribution in [2.45, 2.75) is 39.2 Å². The lowest BCUT2D eigenvalue weighted by Gasteiger charge is -2.23. The number of fused-ring (bicyclic) bond motifs is 1. The Morgan fingerprint density at radius 1 is 1.50 bits per heavy atom. The summed E-state index contributed by atoms with van der Waals surface area (Å²) in [6, 6.07) is 1.84. The number of nitrogens with zero attached hydrogens (tertiary/aromatic N) is 2. The molecule has 5 nitrogen and oxygen atoms in total. The Morgan fingerprint density at radius 3 is 3.00 bits per heavy atom. The van der Waals surface area contributed by atoms with Gasteiger partial charge >= 0.3 is 0 Å². The van der Waals surface area contributed by atoms with Crippen LogP contribution < -0.4 is 5.32 Å². The van der Waals surface area contributed by atoms with Gasteiger partial charge in [0, 0.05) is 18.3 Å². The SMILES string of the molecule is Cc1cc(C(=O)N[C@@H]2CCCc3c2cnn3C)c(C)o1. The van der Waals surface area contributed by atoms with Crippen LogP contribution in [0.4, 0.5) is 0 Å². The van der Waals surface area contributed by atoms with Gasteiger partial charge in [0.2, 0.25) is 0 Å². The third-order valence-electron chi connectivity index (χ3n) is 3.97. The molecule has 0 saturated heterocycles. The van der Waals surface area contributed by atoms with Gasteiger partial charge in [0.1, 0.15) is 11.5 Å². The molecule has 1 aliphatic rings. The Morgan fingerprint density at radius 2 is 2.30 bits per heavy atom. The van der Waals surface area contributed by atoms with Crippen molar-refractivity contribution in [3.63, 3.8) is 0 Å². The maximum atomic E-state index is 12.4. The minimum atomic E-state index is -0.0685. The summed E-state index contributed by atoms with van der Waals surface area (Å²) in [6.45, 7) is 3.67. The Bertz CT molecular complexity index is 654. The van der Waals surface area contributed by atoms with E-state index < -0.39 is 0 Å². The summed E-state index contributed by atoms with van der Waals surface area (Å²) in [5, 5.41) is 7.40. The van der Waals surface area contributed by atoms with Crippen LogP contribution in [-0.2, 0) is 13.5 Å². The molecule has 3 rings (SSSR count). The first-order valence-electron chi connectivity index (χ1n) is 6.95. The fourth-order valence-corrected chi connectivity index (χ4v) is 2.95. The molecule has 1 amide bonds. The molecule has 0 bridgehead atoms. The standard InChI is InChI=1S/C15H19N3O2/c1-9-7-11(10(2)20-9)15(19)17-13-5-4-6-14-12(13)8-16-18(14)3/h7-8,13H,4-6H2,1-3H3,(H,17,19)/t13-/m1/s1. The topological polar surface area (TPSA) is 60.1 Å². The lowest BCUT2D eigenvalue weighted by atomic mass is 9.93. The van der Waals surface area contributed by atoms with Crippen LogP contribution in [0.5, 0.6) is 0 Å². The fraction of sp³-hybridized carbons (Fsp3) is 0.467. The average Bonchev–Trinajstić information content (AvgIpc) is 2.94. The van der Waals surface area contributed by atoms with Gasteiger partial charge in [0.15, 0.2) is 0 Å². The van der Waals surface area contributed by atoms with Crippen LogP contribution in [0.2, 0.25) is 0 Å². The summed E-state index contributed by atoms with van der Waals surface area (Å²) >= 11 is 0. The number of hydrogen-bond donors (Lipinski definition) is 1. The Labute approximate surface area is 118 Å². The van der Waals surface area contributed by atoms with Crippen molar-refractivity contribution < 1.29 is 9.21 Å². The van der Waals surface area contributed by atoms with Crippen LogP contribution in [0.3, 0.4) is 0 Å². The molecular weight excluding hydrogens is 254 g/mol. The molecule has 0 aromatic carbocycles. The number of aromatic nitrogens is 2. The third kappa shape index (κ3) is 2.13. The molecule has 0 radical (unpaired) electrons. The monoisotopic (exact) mass is 273 g/mol. The predicted octanol–water partition coefficient (Wildman–Crippen LogP) is 2.44. The number of aryl methyl sites for hydroxylation is 3. The third-order valence-corrected chi connectivity index (χ3v) is 3.97. The van der Waals surface area contributed by atoms with Gasteiger partial charge in [-0.1, -0.05) is 0 Å². The molecule has 0 spiro atoms. The van der Waals surface area contributed by atoms with Gasteiger partial charge < -0.3 is 9.73 Å². The predicted molar refractivity (Wildman–Crippen MR) is 74.5 cm³/mol. The second-order valence-corrected chi connectivity index (χ2v) is 5.42. The minimum absolute atomic E-state index is 0.0505. The van der Waals surface area contributed by atoms with Crippen LogP contribution >= 0.6 is 0 Å². The second-order valence-electron chi connectivity index (χ2n) is 5.42. The van der Waals surface area contributed by atoms with Crippen molar-refractivity contribution in [3.8, 4) is 0 Å². The highest BCUT2D eigenvalue weighted by Gasteiger charge is 2.26. The van der Waals surface area contributed by atoms with Crippen molar-refractivity contribution in [1.29, 1.82) is 0 Å². The molecule has 0 fully saturated rings. The van der Waals surface area contributed by atoms with Crippen molar-refractivity contribution in [1.82, 2.24) is 15.1 Å². The zero-order chi connectivity index (χ0) is 14.3. The Balaban J connectivity index is 1.82. The van der Waals surface area contributed by atoms with Crippen LogP contribution in [-0.4, -0.2) is 15.7 Å². The number of carbonyl (C=O) groups is 1. The molecule has 1 aliphatic carbocycles. The summed E-state index contributed by atoms with van der Waals surface area (Å²) in [7, 11) is 1.95. The number of rotatable bonds is 2. The molecule has 1 N–H and O–H groups in total. The first-order chi connectivity index (χ1) is 9.56. The van der Waals surface area contributed by atoms with Gasteiger partial charge in [-0.3, -0.25) is 9.48 Å². The van der Waals surface area contributed by atoms with Crippen LogP contribution in [0.15, 0.2) is 16.7 Å². The Kier molecular flexibility index (Phi) is 3.12. The highest BCUT2D eigenvalue weighted by atomic mass is 16.3. The molecule has 2 aromatic heterocycles. The van der Waals surface area contributed by atoms with E-state index in [9.17, 15) is 4.79 Å². The van der Waals surface area contributed by atoms with E-state index in [1.54, 1.807) is 6.07 Å².